The van der Waals surface area contributed by atoms with Crippen LogP contribution in [-0.2, 0) is 11.3 Å². The van der Waals surface area contributed by atoms with Crippen molar-refractivity contribution in [1.29, 1.82) is 0 Å². The van der Waals surface area contributed by atoms with E-state index in [2.05, 4.69) is 14.9 Å². The molecular weight excluding hydrogens is 338 g/mol. The lowest BCUT2D eigenvalue weighted by molar-refractivity contribution is -0.269. The van der Waals surface area contributed by atoms with E-state index in [1.54, 1.807) is 12.1 Å². The largest absolute Gasteiger partial charge is 0.872 e. The highest BCUT2D eigenvalue weighted by Gasteiger charge is 2.19. The van der Waals surface area contributed by atoms with Crippen LogP contribution in [0.15, 0.2) is 35.4 Å². The van der Waals surface area contributed by atoms with Gasteiger partial charge in [0.25, 0.3) is 5.56 Å². The molecular formula is C17H22N5O4-. The summed E-state index contributed by atoms with van der Waals surface area (Å²) in [6.45, 7) is 3.47. The van der Waals surface area contributed by atoms with Crippen molar-refractivity contribution in [2.24, 2.45) is 0 Å². The third kappa shape index (κ3) is 4.31. The molecule has 1 aromatic carbocycles. The number of aromatic nitrogens is 2. The molecule has 3 rings (SSSR count). The zero-order valence-corrected chi connectivity index (χ0v) is 14.6. The number of methoxy groups -OCH3 is 1. The van der Waals surface area contributed by atoms with E-state index in [1.807, 2.05) is 4.90 Å². The molecule has 0 aliphatic carbocycles. The molecule has 0 atom stereocenters. The van der Waals surface area contributed by atoms with Gasteiger partial charge >= 0.3 is 0 Å². The number of H-pyrrole nitrogens is 1. The Morgan fingerprint density at radius 1 is 1.31 bits per heavy atom. The Morgan fingerprint density at radius 3 is 2.77 bits per heavy atom. The van der Waals surface area contributed by atoms with Gasteiger partial charge in [-0.3, -0.25) is 14.9 Å². The number of hydrogen-bond acceptors (Lipinski definition) is 8. The summed E-state index contributed by atoms with van der Waals surface area (Å²) in [7, 11) is 1.49. The maximum Gasteiger partial charge on any atom is 0.252 e. The van der Waals surface area contributed by atoms with Crippen molar-refractivity contribution in [1.82, 2.24) is 14.9 Å². The van der Waals surface area contributed by atoms with E-state index in [1.165, 1.54) is 25.6 Å². The molecule has 1 saturated heterocycles. The molecule has 2 aromatic rings. The number of anilines is 2. The van der Waals surface area contributed by atoms with Gasteiger partial charge in [0.2, 0.25) is 0 Å². The lowest BCUT2D eigenvalue weighted by atomic mass is 10.1. The third-order valence-corrected chi connectivity index (χ3v) is 4.35. The summed E-state index contributed by atoms with van der Waals surface area (Å²) < 4.78 is 4.89. The average Bonchev–Trinajstić information content (AvgIpc) is 2.64. The fourth-order valence-electron chi connectivity index (χ4n) is 2.95. The van der Waals surface area contributed by atoms with Crippen molar-refractivity contribution in [3.8, 4) is 5.75 Å². The van der Waals surface area contributed by atoms with Crippen LogP contribution in [0.1, 0.15) is 5.56 Å². The molecule has 2 N–H and O–H groups in total. The van der Waals surface area contributed by atoms with Crippen LogP contribution < -0.4 is 20.6 Å². The van der Waals surface area contributed by atoms with Crippen LogP contribution in [0.2, 0.25) is 0 Å². The minimum atomic E-state index is -0.171. The summed E-state index contributed by atoms with van der Waals surface area (Å²) in [4.78, 5) is 22.3. The van der Waals surface area contributed by atoms with Gasteiger partial charge in [0.1, 0.15) is 12.5 Å². The number of hydroxylamine groups is 1. The molecule has 9 heteroatoms. The van der Waals surface area contributed by atoms with Crippen LogP contribution in [0.4, 0.5) is 11.5 Å². The standard InChI is InChI=1S/C17H23N5O4/c1-26-12-22(25)14-2-3-15(23)13(8-14)10-20-4-6-21(7-5-20)16-9-17(24)19-11-18-16/h2-3,8-9,11,23,25H,4-7,10,12H2,1H3,(H,18,19,24)/p-1. The Bertz CT molecular complexity index is 789. The number of ether oxygens (including phenoxy) is 1. The quantitative estimate of drug-likeness (QED) is 0.546. The summed E-state index contributed by atoms with van der Waals surface area (Å²) in [6, 6.07) is 6.20. The molecule has 0 spiro atoms. The normalized spacial score (nSPS) is 15.2. The van der Waals surface area contributed by atoms with Crippen LogP contribution in [0.5, 0.6) is 5.75 Å². The van der Waals surface area contributed by atoms with Crippen molar-refractivity contribution >= 4 is 11.5 Å². The second kappa shape index (κ2) is 8.17. The van der Waals surface area contributed by atoms with Gasteiger partial charge in [-0.2, -0.15) is 0 Å². The molecule has 2 heterocycles. The highest BCUT2D eigenvalue weighted by atomic mass is 16.6. The van der Waals surface area contributed by atoms with Crippen molar-refractivity contribution in [3.63, 3.8) is 0 Å². The molecule has 1 aliphatic rings. The number of nitrogens with one attached hydrogen (secondary N) is 1. The fourth-order valence-corrected chi connectivity index (χ4v) is 2.95. The van der Waals surface area contributed by atoms with Gasteiger partial charge in [-0.25, -0.2) is 10.0 Å². The summed E-state index contributed by atoms with van der Waals surface area (Å²) in [5, 5.41) is 23.0. The molecule has 0 bridgehead atoms. The molecule has 0 radical (unpaired) electrons. The Morgan fingerprint density at radius 2 is 2.08 bits per heavy atom. The van der Waals surface area contributed by atoms with Gasteiger partial charge in [-0.15, -0.1) is 5.75 Å². The Hall–Kier alpha value is -2.62. The maximum atomic E-state index is 12.1. The van der Waals surface area contributed by atoms with Crippen LogP contribution in [0.25, 0.3) is 0 Å². The van der Waals surface area contributed by atoms with Crippen molar-refractivity contribution in [2.45, 2.75) is 6.54 Å². The van der Waals surface area contributed by atoms with E-state index in [4.69, 9.17) is 4.74 Å². The molecule has 0 unspecified atom stereocenters. The predicted molar refractivity (Wildman–Crippen MR) is 94.4 cm³/mol. The SMILES string of the molecule is COCN(O)c1ccc([O-])c(CN2CCN(c3cc(=O)[nH]cn3)CC2)c1. The maximum absolute atomic E-state index is 12.1. The predicted octanol–water partition coefficient (Wildman–Crippen LogP) is -0.0348. The van der Waals surface area contributed by atoms with Crippen molar-refractivity contribution < 1.29 is 15.1 Å². The number of nitrogens with zero attached hydrogens (tertiary/aromatic N) is 4. The first-order chi connectivity index (χ1) is 12.6. The Balaban J connectivity index is 1.62. The molecule has 0 saturated carbocycles. The van der Waals surface area contributed by atoms with E-state index >= 15 is 0 Å². The number of aromatic amines is 1. The first-order valence-electron chi connectivity index (χ1n) is 8.34. The highest BCUT2D eigenvalue weighted by molar-refractivity contribution is 5.50. The molecule has 1 fully saturated rings. The molecule has 9 nitrogen and oxygen atoms in total. The van der Waals surface area contributed by atoms with Gasteiger partial charge in [0.05, 0.1) is 12.0 Å². The molecule has 0 amide bonds. The number of hydrogen-bond donors (Lipinski definition) is 2. The van der Waals surface area contributed by atoms with Crippen molar-refractivity contribution in [3.05, 3.63) is 46.5 Å². The second-order valence-electron chi connectivity index (χ2n) is 6.14. The first-order valence-corrected chi connectivity index (χ1v) is 8.34. The van der Waals surface area contributed by atoms with Crippen LogP contribution in [0, 0.1) is 0 Å². The Kier molecular flexibility index (Phi) is 5.71. The topological polar surface area (TPSA) is 108 Å². The average molecular weight is 360 g/mol. The van der Waals surface area contributed by atoms with E-state index in [0.717, 1.165) is 31.2 Å². The van der Waals surface area contributed by atoms with Gasteiger partial charge in [0.15, 0.2) is 0 Å². The highest BCUT2D eigenvalue weighted by Crippen LogP contribution is 2.23. The summed E-state index contributed by atoms with van der Waals surface area (Å²) in [5.74, 6) is 0.605. The van der Waals surface area contributed by atoms with Crippen LogP contribution in [0.3, 0.4) is 0 Å². The molecule has 1 aromatic heterocycles. The third-order valence-electron chi connectivity index (χ3n) is 4.35. The lowest BCUT2D eigenvalue weighted by Crippen LogP contribution is -2.46. The number of benzene rings is 1. The molecule has 26 heavy (non-hydrogen) atoms. The van der Waals surface area contributed by atoms with E-state index in [9.17, 15) is 15.1 Å². The van der Waals surface area contributed by atoms with Crippen LogP contribution in [-0.4, -0.2) is 60.1 Å². The van der Waals surface area contributed by atoms with E-state index < -0.39 is 0 Å². The summed E-state index contributed by atoms with van der Waals surface area (Å²) in [5.41, 5.74) is 0.975. The van der Waals surface area contributed by atoms with Gasteiger partial charge < -0.3 is 19.7 Å². The number of rotatable bonds is 6. The smallest absolute Gasteiger partial charge is 0.252 e. The first kappa shape index (κ1) is 18.2. The second-order valence-corrected chi connectivity index (χ2v) is 6.14. The van der Waals surface area contributed by atoms with E-state index in [-0.39, 0.29) is 18.0 Å². The lowest BCUT2D eigenvalue weighted by Gasteiger charge is -2.36. The summed E-state index contributed by atoms with van der Waals surface area (Å²) >= 11 is 0. The van der Waals surface area contributed by atoms with Crippen LogP contribution >= 0.6 is 0 Å². The van der Waals surface area contributed by atoms with Gasteiger partial charge in [0, 0.05) is 45.9 Å². The minimum absolute atomic E-state index is 0.0273. The monoisotopic (exact) mass is 360 g/mol. The number of piperazine rings is 1. The fraction of sp³-hybridized carbons (Fsp3) is 0.412. The minimum Gasteiger partial charge on any atom is -0.872 e. The van der Waals surface area contributed by atoms with E-state index in [0.29, 0.717) is 23.6 Å². The van der Waals surface area contributed by atoms with Gasteiger partial charge in [-0.1, -0.05) is 6.07 Å². The van der Waals surface area contributed by atoms with Crippen molar-refractivity contribution in [2.75, 3.05) is 50.0 Å². The molecule has 140 valence electrons. The zero-order chi connectivity index (χ0) is 18.5. The molecule has 1 aliphatic heterocycles. The Labute approximate surface area is 151 Å². The zero-order valence-electron chi connectivity index (χ0n) is 14.6. The van der Waals surface area contributed by atoms with Gasteiger partial charge in [-0.05, 0) is 17.7 Å². The summed E-state index contributed by atoms with van der Waals surface area (Å²) in [6.07, 6.45) is 1.40.